The highest BCUT2D eigenvalue weighted by Crippen LogP contribution is 2.27. The Labute approximate surface area is 93.0 Å². The number of hydrogen-bond acceptors (Lipinski definition) is 0. The SMILES string of the molecule is CCCCCCCCC1C=CC=C1Cl. The van der Waals surface area contributed by atoms with Crippen molar-refractivity contribution >= 4 is 11.6 Å². The van der Waals surface area contributed by atoms with Gasteiger partial charge in [-0.1, -0.05) is 69.2 Å². The van der Waals surface area contributed by atoms with Gasteiger partial charge in [-0.25, -0.2) is 0 Å². The molecule has 0 bridgehead atoms. The van der Waals surface area contributed by atoms with Crippen molar-refractivity contribution in [2.45, 2.75) is 51.9 Å². The molecule has 0 fully saturated rings. The summed E-state index contributed by atoms with van der Waals surface area (Å²) in [7, 11) is 0. The molecule has 0 nitrogen and oxygen atoms in total. The van der Waals surface area contributed by atoms with Crippen molar-refractivity contribution in [3.63, 3.8) is 0 Å². The monoisotopic (exact) mass is 212 g/mol. The lowest BCUT2D eigenvalue weighted by Gasteiger charge is -2.07. The topological polar surface area (TPSA) is 0 Å². The van der Waals surface area contributed by atoms with E-state index in [1.807, 2.05) is 6.08 Å². The van der Waals surface area contributed by atoms with Crippen molar-refractivity contribution in [2.24, 2.45) is 5.92 Å². The third kappa shape index (κ3) is 4.32. The van der Waals surface area contributed by atoms with Crippen LogP contribution < -0.4 is 0 Å². The lowest BCUT2D eigenvalue weighted by Crippen LogP contribution is -1.93. The van der Waals surface area contributed by atoms with Gasteiger partial charge in [0.1, 0.15) is 0 Å². The van der Waals surface area contributed by atoms with Gasteiger partial charge in [0, 0.05) is 11.0 Å². The highest BCUT2D eigenvalue weighted by molar-refractivity contribution is 6.30. The molecule has 0 N–H and O–H groups in total. The van der Waals surface area contributed by atoms with Crippen LogP contribution in [0.3, 0.4) is 0 Å². The van der Waals surface area contributed by atoms with E-state index in [-0.39, 0.29) is 0 Å². The van der Waals surface area contributed by atoms with E-state index in [9.17, 15) is 0 Å². The molecule has 1 aliphatic carbocycles. The van der Waals surface area contributed by atoms with Gasteiger partial charge in [0.15, 0.2) is 0 Å². The summed E-state index contributed by atoms with van der Waals surface area (Å²) >= 11 is 6.04. The first-order valence-corrected chi connectivity index (χ1v) is 6.26. The largest absolute Gasteiger partial charge is 0.0885 e. The molecular weight excluding hydrogens is 192 g/mol. The Morgan fingerprint density at radius 3 is 2.50 bits per heavy atom. The van der Waals surface area contributed by atoms with Crippen molar-refractivity contribution in [3.8, 4) is 0 Å². The van der Waals surface area contributed by atoms with Crippen LogP contribution >= 0.6 is 11.6 Å². The molecule has 0 saturated heterocycles. The summed E-state index contributed by atoms with van der Waals surface area (Å²) in [4.78, 5) is 0. The Balaban J connectivity index is 1.94. The molecule has 0 aliphatic heterocycles. The molecular formula is C13H21Cl. The minimum atomic E-state index is 0.530. The van der Waals surface area contributed by atoms with E-state index >= 15 is 0 Å². The lowest BCUT2D eigenvalue weighted by atomic mass is 10.0. The van der Waals surface area contributed by atoms with E-state index in [4.69, 9.17) is 11.6 Å². The van der Waals surface area contributed by atoms with Crippen molar-refractivity contribution in [3.05, 3.63) is 23.3 Å². The summed E-state index contributed by atoms with van der Waals surface area (Å²) in [6, 6.07) is 0. The first-order valence-electron chi connectivity index (χ1n) is 5.88. The van der Waals surface area contributed by atoms with Crippen LogP contribution in [0.15, 0.2) is 23.3 Å². The Morgan fingerprint density at radius 2 is 1.86 bits per heavy atom. The molecule has 0 spiro atoms. The predicted molar refractivity (Wildman–Crippen MR) is 64.6 cm³/mol. The van der Waals surface area contributed by atoms with Gasteiger partial charge in [-0.05, 0) is 12.5 Å². The van der Waals surface area contributed by atoms with Crippen LogP contribution in [0.4, 0.5) is 0 Å². The highest BCUT2D eigenvalue weighted by atomic mass is 35.5. The molecule has 0 saturated carbocycles. The first kappa shape index (κ1) is 11.8. The van der Waals surface area contributed by atoms with Crippen LogP contribution in [0.1, 0.15) is 51.9 Å². The molecule has 1 unspecified atom stereocenters. The van der Waals surface area contributed by atoms with E-state index in [0.717, 1.165) is 5.03 Å². The maximum Gasteiger partial charge on any atom is 0.0249 e. The van der Waals surface area contributed by atoms with E-state index < -0.39 is 0 Å². The van der Waals surface area contributed by atoms with Crippen LogP contribution in [0.2, 0.25) is 0 Å². The molecule has 1 heteroatoms. The summed E-state index contributed by atoms with van der Waals surface area (Å²) < 4.78 is 0. The Bertz CT molecular complexity index is 203. The van der Waals surface area contributed by atoms with Gasteiger partial charge in [-0.3, -0.25) is 0 Å². The second-order valence-electron chi connectivity index (χ2n) is 4.10. The lowest BCUT2D eigenvalue weighted by molar-refractivity contribution is 0.562. The van der Waals surface area contributed by atoms with Crippen LogP contribution in [-0.2, 0) is 0 Å². The molecule has 0 aromatic heterocycles. The minimum absolute atomic E-state index is 0.530. The molecule has 0 radical (unpaired) electrons. The summed E-state index contributed by atoms with van der Waals surface area (Å²) in [5.74, 6) is 0.530. The highest BCUT2D eigenvalue weighted by Gasteiger charge is 2.11. The van der Waals surface area contributed by atoms with Gasteiger partial charge in [-0.2, -0.15) is 0 Å². The first-order chi connectivity index (χ1) is 6.84. The molecule has 0 heterocycles. The number of allylic oxidation sites excluding steroid dienone is 4. The summed E-state index contributed by atoms with van der Waals surface area (Å²) in [6.07, 6.45) is 15.8. The van der Waals surface area contributed by atoms with Crippen LogP contribution in [-0.4, -0.2) is 0 Å². The van der Waals surface area contributed by atoms with E-state index in [2.05, 4.69) is 19.1 Å². The van der Waals surface area contributed by atoms with Crippen molar-refractivity contribution < 1.29 is 0 Å². The molecule has 0 amide bonds. The zero-order valence-corrected chi connectivity index (χ0v) is 9.89. The fourth-order valence-electron chi connectivity index (χ4n) is 1.88. The molecule has 80 valence electrons. The summed E-state index contributed by atoms with van der Waals surface area (Å²) in [5, 5.41) is 1.03. The second-order valence-corrected chi connectivity index (χ2v) is 4.54. The number of rotatable bonds is 7. The van der Waals surface area contributed by atoms with E-state index in [1.54, 1.807) is 0 Å². The maximum atomic E-state index is 6.04. The van der Waals surface area contributed by atoms with Gasteiger partial charge in [0.25, 0.3) is 0 Å². The Kier molecular flexibility index (Phi) is 6.02. The van der Waals surface area contributed by atoms with Gasteiger partial charge in [-0.15, -0.1) is 0 Å². The zero-order valence-electron chi connectivity index (χ0n) is 9.14. The summed E-state index contributed by atoms with van der Waals surface area (Å²) in [5.41, 5.74) is 0. The number of halogens is 1. The summed E-state index contributed by atoms with van der Waals surface area (Å²) in [6.45, 7) is 2.26. The Hall–Kier alpha value is -0.230. The third-order valence-corrected chi connectivity index (χ3v) is 3.23. The molecule has 1 rings (SSSR count). The van der Waals surface area contributed by atoms with Crippen LogP contribution in [0.25, 0.3) is 0 Å². The molecule has 0 aromatic rings. The fourth-order valence-corrected chi connectivity index (χ4v) is 2.13. The molecule has 1 aliphatic rings. The maximum absolute atomic E-state index is 6.04. The average molecular weight is 213 g/mol. The number of unbranched alkanes of at least 4 members (excludes halogenated alkanes) is 5. The molecule has 14 heavy (non-hydrogen) atoms. The van der Waals surface area contributed by atoms with E-state index in [1.165, 1.54) is 44.9 Å². The zero-order chi connectivity index (χ0) is 10.2. The van der Waals surface area contributed by atoms with Crippen molar-refractivity contribution in [1.82, 2.24) is 0 Å². The molecule has 1 atom stereocenters. The van der Waals surface area contributed by atoms with Gasteiger partial charge < -0.3 is 0 Å². The second kappa shape index (κ2) is 7.11. The van der Waals surface area contributed by atoms with Gasteiger partial charge >= 0.3 is 0 Å². The molecule has 0 aromatic carbocycles. The van der Waals surface area contributed by atoms with Gasteiger partial charge in [0.2, 0.25) is 0 Å². The smallest absolute Gasteiger partial charge is 0.0249 e. The third-order valence-electron chi connectivity index (χ3n) is 2.82. The average Bonchev–Trinajstić information content (AvgIpc) is 2.58. The number of hydrogen-bond donors (Lipinski definition) is 0. The normalized spacial score (nSPS) is 20.1. The Morgan fingerprint density at radius 1 is 1.14 bits per heavy atom. The van der Waals surface area contributed by atoms with E-state index in [0.29, 0.717) is 5.92 Å². The van der Waals surface area contributed by atoms with Gasteiger partial charge in [0.05, 0.1) is 0 Å². The standard InChI is InChI=1S/C13H21Cl/c1-2-3-4-5-6-7-9-12-10-8-11-13(12)14/h8,10-12H,2-7,9H2,1H3. The van der Waals surface area contributed by atoms with Crippen molar-refractivity contribution in [1.29, 1.82) is 0 Å². The van der Waals surface area contributed by atoms with Crippen LogP contribution in [0.5, 0.6) is 0 Å². The quantitative estimate of drug-likeness (QED) is 0.519. The predicted octanol–water partition coefficient (Wildman–Crippen LogP) is 5.05. The fraction of sp³-hybridized carbons (Fsp3) is 0.692. The minimum Gasteiger partial charge on any atom is -0.0885 e. The van der Waals surface area contributed by atoms with Crippen molar-refractivity contribution in [2.75, 3.05) is 0 Å². The van der Waals surface area contributed by atoms with Crippen LogP contribution in [0, 0.1) is 5.92 Å².